The van der Waals surface area contributed by atoms with Gasteiger partial charge >= 0.3 is 6.03 Å². The zero-order chi connectivity index (χ0) is 19.2. The fourth-order valence-corrected chi connectivity index (χ4v) is 4.04. The molecule has 7 heteroatoms. The normalized spacial score (nSPS) is 14.6. The van der Waals surface area contributed by atoms with Crippen molar-refractivity contribution < 1.29 is 9.59 Å². The highest BCUT2D eigenvalue weighted by molar-refractivity contribution is 9.10. The minimum atomic E-state index is -0.0563. The summed E-state index contributed by atoms with van der Waals surface area (Å²) in [5.41, 5.74) is 1.16. The van der Waals surface area contributed by atoms with E-state index in [1.165, 1.54) is 4.88 Å². The second kappa shape index (κ2) is 9.19. The molecule has 3 amide bonds. The largest absolute Gasteiger partial charge is 0.338 e. The number of urea groups is 1. The fourth-order valence-electron chi connectivity index (χ4n) is 2.86. The van der Waals surface area contributed by atoms with Crippen LogP contribution in [0.2, 0.25) is 0 Å². The van der Waals surface area contributed by atoms with Crippen molar-refractivity contribution >= 4 is 45.3 Å². The maximum Gasteiger partial charge on any atom is 0.317 e. The summed E-state index contributed by atoms with van der Waals surface area (Å²) in [6.45, 7) is 4.78. The molecule has 1 aromatic carbocycles. The van der Waals surface area contributed by atoms with Crippen LogP contribution in [0.1, 0.15) is 11.8 Å². The number of hydrogen-bond acceptors (Lipinski definition) is 3. The Hall–Kier alpha value is -2.12. The molecular formula is C20H22BrN3O2S. The SMILES string of the molecule is CCNC(=O)N1CCN(C(=O)/C=C/c2ccc(-c3ccc(Br)cc3)s2)CC1. The Morgan fingerprint density at radius 1 is 1.07 bits per heavy atom. The van der Waals surface area contributed by atoms with Crippen molar-refractivity contribution in [2.24, 2.45) is 0 Å². The van der Waals surface area contributed by atoms with E-state index in [9.17, 15) is 9.59 Å². The molecule has 1 aromatic heterocycles. The highest BCUT2D eigenvalue weighted by Crippen LogP contribution is 2.29. The predicted octanol–water partition coefficient (Wildman–Crippen LogP) is 4.06. The average Bonchev–Trinajstić information content (AvgIpc) is 3.16. The van der Waals surface area contributed by atoms with Gasteiger partial charge in [0.1, 0.15) is 0 Å². The number of carbonyl (C=O) groups is 2. The Labute approximate surface area is 171 Å². The number of carbonyl (C=O) groups excluding carboxylic acids is 2. The van der Waals surface area contributed by atoms with E-state index in [0.29, 0.717) is 32.7 Å². The molecule has 27 heavy (non-hydrogen) atoms. The van der Waals surface area contributed by atoms with E-state index in [4.69, 9.17) is 0 Å². The van der Waals surface area contributed by atoms with E-state index in [1.54, 1.807) is 27.2 Å². The van der Waals surface area contributed by atoms with E-state index in [2.05, 4.69) is 39.4 Å². The van der Waals surface area contributed by atoms with Crippen molar-refractivity contribution in [2.75, 3.05) is 32.7 Å². The molecule has 1 aliphatic rings. The monoisotopic (exact) mass is 447 g/mol. The molecule has 1 saturated heterocycles. The zero-order valence-electron chi connectivity index (χ0n) is 15.2. The molecule has 1 fully saturated rings. The summed E-state index contributed by atoms with van der Waals surface area (Å²) in [7, 11) is 0. The molecule has 142 valence electrons. The summed E-state index contributed by atoms with van der Waals surface area (Å²) in [5, 5.41) is 2.79. The number of rotatable bonds is 4. The lowest BCUT2D eigenvalue weighted by Crippen LogP contribution is -2.52. The summed E-state index contributed by atoms with van der Waals surface area (Å²) in [4.78, 5) is 30.0. The number of amides is 3. The minimum absolute atomic E-state index is 0.0101. The van der Waals surface area contributed by atoms with Crippen LogP contribution in [-0.2, 0) is 4.79 Å². The van der Waals surface area contributed by atoms with Crippen molar-refractivity contribution in [1.82, 2.24) is 15.1 Å². The van der Waals surface area contributed by atoms with Gasteiger partial charge in [0.15, 0.2) is 0 Å². The molecule has 0 bridgehead atoms. The summed E-state index contributed by atoms with van der Waals surface area (Å²) in [6, 6.07) is 12.2. The first-order valence-corrected chi connectivity index (χ1v) is 10.5. The molecular weight excluding hydrogens is 426 g/mol. The van der Waals surface area contributed by atoms with Crippen LogP contribution < -0.4 is 5.32 Å². The predicted molar refractivity (Wildman–Crippen MR) is 114 cm³/mol. The highest BCUT2D eigenvalue weighted by atomic mass is 79.9. The second-order valence-electron chi connectivity index (χ2n) is 6.19. The molecule has 0 atom stereocenters. The number of nitrogens with zero attached hydrogens (tertiary/aromatic N) is 2. The Bertz CT molecular complexity index is 824. The van der Waals surface area contributed by atoms with Crippen molar-refractivity contribution in [3.8, 4) is 10.4 Å². The van der Waals surface area contributed by atoms with E-state index in [1.807, 2.05) is 31.2 Å². The standard InChI is InChI=1S/C20H22BrN3O2S/c1-2-22-20(26)24-13-11-23(12-14-24)19(25)10-8-17-7-9-18(27-17)15-3-5-16(21)6-4-15/h3-10H,2,11-14H2,1H3,(H,22,26)/b10-8+. The smallest absolute Gasteiger partial charge is 0.317 e. The third-order valence-corrected chi connectivity index (χ3v) is 5.98. The Balaban J connectivity index is 1.55. The first kappa shape index (κ1) is 19.6. The molecule has 0 radical (unpaired) electrons. The van der Waals surface area contributed by atoms with Crippen LogP contribution in [0.3, 0.4) is 0 Å². The van der Waals surface area contributed by atoms with Gasteiger partial charge < -0.3 is 15.1 Å². The van der Waals surface area contributed by atoms with Gasteiger partial charge in [-0.2, -0.15) is 0 Å². The molecule has 0 aliphatic carbocycles. The topological polar surface area (TPSA) is 52.7 Å². The van der Waals surface area contributed by atoms with Crippen LogP contribution in [0, 0.1) is 0 Å². The Morgan fingerprint density at radius 2 is 1.74 bits per heavy atom. The summed E-state index contributed by atoms with van der Waals surface area (Å²) >= 11 is 5.10. The number of thiophene rings is 1. The fraction of sp³-hybridized carbons (Fsp3) is 0.300. The summed E-state index contributed by atoms with van der Waals surface area (Å²) in [6.07, 6.45) is 3.49. The zero-order valence-corrected chi connectivity index (χ0v) is 17.6. The van der Waals surface area contributed by atoms with Crippen molar-refractivity contribution in [1.29, 1.82) is 0 Å². The van der Waals surface area contributed by atoms with Crippen LogP contribution in [0.5, 0.6) is 0 Å². The van der Waals surface area contributed by atoms with Crippen LogP contribution in [-0.4, -0.2) is 54.5 Å². The molecule has 0 saturated carbocycles. The second-order valence-corrected chi connectivity index (χ2v) is 8.22. The van der Waals surface area contributed by atoms with Crippen LogP contribution >= 0.6 is 27.3 Å². The maximum absolute atomic E-state index is 12.4. The van der Waals surface area contributed by atoms with Gasteiger partial charge in [-0.25, -0.2) is 4.79 Å². The minimum Gasteiger partial charge on any atom is -0.338 e. The summed E-state index contributed by atoms with van der Waals surface area (Å²) in [5.74, 6) is -0.0101. The lowest BCUT2D eigenvalue weighted by Gasteiger charge is -2.34. The third-order valence-electron chi connectivity index (χ3n) is 4.35. The van der Waals surface area contributed by atoms with Gasteiger partial charge in [0.25, 0.3) is 0 Å². The van der Waals surface area contributed by atoms with Crippen molar-refractivity contribution in [2.45, 2.75) is 6.92 Å². The van der Waals surface area contributed by atoms with E-state index in [-0.39, 0.29) is 11.9 Å². The van der Waals surface area contributed by atoms with Crippen LogP contribution in [0.4, 0.5) is 4.79 Å². The molecule has 2 aromatic rings. The molecule has 0 spiro atoms. The first-order valence-electron chi connectivity index (χ1n) is 8.92. The van der Waals surface area contributed by atoms with E-state index >= 15 is 0 Å². The van der Waals surface area contributed by atoms with Gasteiger partial charge in [0.2, 0.25) is 5.91 Å². The Morgan fingerprint density at radius 3 is 2.41 bits per heavy atom. The van der Waals surface area contributed by atoms with Crippen molar-refractivity contribution in [3.63, 3.8) is 0 Å². The number of piperazine rings is 1. The third kappa shape index (κ3) is 5.20. The Kier molecular flexibility index (Phi) is 6.68. The molecule has 1 aliphatic heterocycles. The molecule has 2 heterocycles. The first-order chi connectivity index (χ1) is 13.1. The van der Waals surface area contributed by atoms with Gasteiger partial charge in [-0.3, -0.25) is 4.79 Å². The number of halogens is 1. The van der Waals surface area contributed by atoms with Crippen LogP contribution in [0.15, 0.2) is 46.9 Å². The molecule has 0 unspecified atom stereocenters. The van der Waals surface area contributed by atoms with Gasteiger partial charge in [-0.1, -0.05) is 28.1 Å². The average molecular weight is 448 g/mol. The van der Waals surface area contributed by atoms with Gasteiger partial charge in [-0.15, -0.1) is 11.3 Å². The van der Waals surface area contributed by atoms with Gasteiger partial charge in [0.05, 0.1) is 0 Å². The summed E-state index contributed by atoms with van der Waals surface area (Å²) < 4.78 is 1.06. The van der Waals surface area contributed by atoms with E-state index in [0.717, 1.165) is 14.9 Å². The molecule has 5 nitrogen and oxygen atoms in total. The van der Waals surface area contributed by atoms with Gasteiger partial charge in [-0.05, 0) is 42.8 Å². The van der Waals surface area contributed by atoms with Gasteiger partial charge in [0, 0.05) is 53.0 Å². The number of nitrogens with one attached hydrogen (secondary N) is 1. The maximum atomic E-state index is 12.4. The van der Waals surface area contributed by atoms with E-state index < -0.39 is 0 Å². The lowest BCUT2D eigenvalue weighted by molar-refractivity contribution is -0.127. The van der Waals surface area contributed by atoms with Crippen molar-refractivity contribution in [3.05, 3.63) is 51.8 Å². The number of benzene rings is 1. The van der Waals surface area contributed by atoms with Crippen LogP contribution in [0.25, 0.3) is 16.5 Å². The number of hydrogen-bond donors (Lipinski definition) is 1. The highest BCUT2D eigenvalue weighted by Gasteiger charge is 2.22. The lowest BCUT2D eigenvalue weighted by atomic mass is 10.2. The molecule has 3 rings (SSSR count). The quantitative estimate of drug-likeness (QED) is 0.718. The molecule has 1 N–H and O–H groups in total.